The van der Waals surface area contributed by atoms with E-state index >= 15 is 0 Å². The summed E-state index contributed by atoms with van der Waals surface area (Å²) in [6.45, 7) is 3.03. The highest BCUT2D eigenvalue weighted by Crippen LogP contribution is 2.14. The summed E-state index contributed by atoms with van der Waals surface area (Å²) in [5.74, 6) is 0.156. The Bertz CT molecular complexity index is 528. The molecule has 0 spiro atoms. The normalized spacial score (nSPS) is 12.1. The molecule has 1 unspecified atom stereocenters. The number of unbranched alkanes of at least 4 members (excludes halogenated alkanes) is 12. The average molecular weight is 419 g/mol. The van der Waals surface area contributed by atoms with Crippen LogP contribution in [-0.2, 0) is 17.9 Å². The van der Waals surface area contributed by atoms with Gasteiger partial charge in [0.15, 0.2) is 0 Å². The summed E-state index contributed by atoms with van der Waals surface area (Å²) < 4.78 is 0. The Morgan fingerprint density at radius 2 is 1.23 bits per heavy atom. The van der Waals surface area contributed by atoms with Gasteiger partial charge >= 0.3 is 0 Å². The van der Waals surface area contributed by atoms with Gasteiger partial charge in [-0.1, -0.05) is 101 Å². The van der Waals surface area contributed by atoms with Gasteiger partial charge in [-0.2, -0.15) is 0 Å². The van der Waals surface area contributed by atoms with Gasteiger partial charge in [0.1, 0.15) is 0 Å². The summed E-state index contributed by atoms with van der Waals surface area (Å²) in [6.07, 6.45) is 18.0. The summed E-state index contributed by atoms with van der Waals surface area (Å²) in [7, 11) is 0. The van der Waals surface area contributed by atoms with E-state index in [1.54, 1.807) is 0 Å². The fraction of sp³-hybridized carbons (Fsp3) is 0.731. The van der Waals surface area contributed by atoms with E-state index in [9.17, 15) is 9.90 Å². The molecule has 1 aromatic rings. The Balaban J connectivity index is 1.82. The van der Waals surface area contributed by atoms with Crippen molar-refractivity contribution in [3.05, 3.63) is 35.4 Å². The van der Waals surface area contributed by atoms with Crippen LogP contribution in [0, 0.1) is 0 Å². The zero-order valence-corrected chi connectivity index (χ0v) is 19.3. The largest absolute Gasteiger partial charge is 0.393 e. The molecule has 0 saturated heterocycles. The average Bonchev–Trinajstić information content (AvgIpc) is 2.75. The van der Waals surface area contributed by atoms with E-state index in [1.165, 1.54) is 70.6 Å². The number of benzene rings is 1. The third-order valence-corrected chi connectivity index (χ3v) is 5.77. The van der Waals surface area contributed by atoms with Gasteiger partial charge in [-0.15, -0.1) is 0 Å². The van der Waals surface area contributed by atoms with Crippen LogP contribution in [0.5, 0.6) is 0 Å². The lowest BCUT2D eigenvalue weighted by Gasteiger charge is -2.06. The van der Waals surface area contributed by atoms with Crippen LogP contribution in [0.3, 0.4) is 0 Å². The van der Waals surface area contributed by atoms with Gasteiger partial charge in [-0.25, -0.2) is 0 Å². The van der Waals surface area contributed by atoms with Crippen molar-refractivity contribution in [3.63, 3.8) is 0 Å². The minimum atomic E-state index is -0.132. The first-order valence-electron chi connectivity index (χ1n) is 12.3. The molecular formula is C26H46N2O2. The number of nitrogens with two attached hydrogens (primary N) is 1. The molecule has 0 aliphatic heterocycles. The number of carbonyl (C=O) groups is 1. The van der Waals surface area contributed by atoms with E-state index in [0.29, 0.717) is 19.5 Å². The van der Waals surface area contributed by atoms with Crippen molar-refractivity contribution >= 4 is 5.91 Å². The first kappa shape index (κ1) is 26.6. The first-order chi connectivity index (χ1) is 14.6. The van der Waals surface area contributed by atoms with Crippen LogP contribution in [0.1, 0.15) is 114 Å². The molecule has 1 amide bonds. The molecule has 1 atom stereocenters. The smallest absolute Gasteiger partial charge is 0.220 e. The Labute approximate surface area is 185 Å². The fourth-order valence-corrected chi connectivity index (χ4v) is 3.75. The number of carbonyl (C=O) groups excluding carboxylic acids is 1. The summed E-state index contributed by atoms with van der Waals surface area (Å²) in [5.41, 5.74) is 7.84. The van der Waals surface area contributed by atoms with Gasteiger partial charge in [-0.3, -0.25) is 4.79 Å². The zero-order chi connectivity index (χ0) is 21.9. The number of hydrogen-bond acceptors (Lipinski definition) is 3. The van der Waals surface area contributed by atoms with Crippen molar-refractivity contribution in [2.75, 3.05) is 0 Å². The topological polar surface area (TPSA) is 75.3 Å². The second kappa shape index (κ2) is 18.4. The van der Waals surface area contributed by atoms with Gasteiger partial charge < -0.3 is 16.2 Å². The van der Waals surface area contributed by atoms with Crippen LogP contribution >= 0.6 is 0 Å². The van der Waals surface area contributed by atoms with Gasteiger partial charge in [0.2, 0.25) is 5.91 Å². The molecule has 0 saturated carbocycles. The van der Waals surface area contributed by atoms with E-state index in [2.05, 4.69) is 5.32 Å². The highest BCUT2D eigenvalue weighted by molar-refractivity contribution is 5.75. The lowest BCUT2D eigenvalue weighted by Crippen LogP contribution is -2.22. The summed E-state index contributed by atoms with van der Waals surface area (Å²) in [6, 6.07) is 8.09. The maximum atomic E-state index is 11.9. The molecule has 0 fully saturated rings. The van der Waals surface area contributed by atoms with E-state index in [0.717, 1.165) is 30.4 Å². The molecule has 0 heterocycles. The summed E-state index contributed by atoms with van der Waals surface area (Å²) >= 11 is 0. The predicted molar refractivity (Wildman–Crippen MR) is 127 cm³/mol. The Hall–Kier alpha value is -1.39. The van der Waals surface area contributed by atoms with Gasteiger partial charge in [0, 0.05) is 19.5 Å². The van der Waals surface area contributed by atoms with E-state index < -0.39 is 0 Å². The number of aliphatic hydroxyl groups is 1. The molecule has 0 radical (unpaired) electrons. The highest BCUT2D eigenvalue weighted by Gasteiger charge is 2.02. The molecule has 4 nitrogen and oxygen atoms in total. The minimum absolute atomic E-state index is 0.132. The molecule has 4 N–H and O–H groups in total. The van der Waals surface area contributed by atoms with Crippen molar-refractivity contribution in [1.29, 1.82) is 0 Å². The lowest BCUT2D eigenvalue weighted by atomic mass is 10.0. The molecule has 0 bridgehead atoms. The van der Waals surface area contributed by atoms with Crippen molar-refractivity contribution < 1.29 is 9.90 Å². The van der Waals surface area contributed by atoms with E-state index in [-0.39, 0.29) is 12.0 Å². The molecule has 0 aliphatic rings. The van der Waals surface area contributed by atoms with Crippen LogP contribution in [0.15, 0.2) is 24.3 Å². The van der Waals surface area contributed by atoms with E-state index in [1.807, 2.05) is 31.2 Å². The van der Waals surface area contributed by atoms with Crippen LogP contribution in [0.2, 0.25) is 0 Å². The van der Waals surface area contributed by atoms with Gasteiger partial charge in [-0.05, 0) is 30.9 Å². The molecule has 1 aromatic carbocycles. The van der Waals surface area contributed by atoms with Crippen molar-refractivity contribution in [2.24, 2.45) is 5.73 Å². The molecular weight excluding hydrogens is 372 g/mol. The van der Waals surface area contributed by atoms with Crippen molar-refractivity contribution in [2.45, 2.75) is 122 Å². The molecule has 4 heteroatoms. The monoisotopic (exact) mass is 418 g/mol. The fourth-order valence-electron chi connectivity index (χ4n) is 3.75. The quantitative estimate of drug-likeness (QED) is 0.241. The Kier molecular flexibility index (Phi) is 16.3. The summed E-state index contributed by atoms with van der Waals surface area (Å²) in [4.78, 5) is 11.9. The lowest BCUT2D eigenvalue weighted by molar-refractivity contribution is -0.121. The molecule has 30 heavy (non-hydrogen) atoms. The van der Waals surface area contributed by atoms with Gasteiger partial charge in [0.05, 0.1) is 6.10 Å². The SMILES string of the molecule is CC(O)CCCCCCCCCCCCCCCC(=O)NCc1ccc(CN)cc1. The zero-order valence-electron chi connectivity index (χ0n) is 19.3. The number of amides is 1. The van der Waals surface area contributed by atoms with Crippen molar-refractivity contribution in [3.8, 4) is 0 Å². The Morgan fingerprint density at radius 1 is 0.800 bits per heavy atom. The molecule has 1 rings (SSSR count). The standard InChI is InChI=1S/C26H46N2O2/c1-23(29)15-13-11-9-7-5-3-2-4-6-8-10-12-14-16-26(30)28-22-25-19-17-24(21-27)18-20-25/h17-20,23,29H,2-16,21-22,27H2,1H3,(H,28,30). The van der Waals surface area contributed by atoms with Crippen molar-refractivity contribution in [1.82, 2.24) is 5.32 Å². The maximum absolute atomic E-state index is 11.9. The van der Waals surface area contributed by atoms with Crippen LogP contribution in [-0.4, -0.2) is 17.1 Å². The van der Waals surface area contributed by atoms with Crippen LogP contribution < -0.4 is 11.1 Å². The third-order valence-electron chi connectivity index (χ3n) is 5.77. The number of hydrogen-bond donors (Lipinski definition) is 3. The number of aliphatic hydroxyl groups excluding tert-OH is 1. The first-order valence-corrected chi connectivity index (χ1v) is 12.3. The van der Waals surface area contributed by atoms with Gasteiger partial charge in [0.25, 0.3) is 0 Å². The molecule has 0 aliphatic carbocycles. The predicted octanol–water partition coefficient (Wildman–Crippen LogP) is 5.99. The maximum Gasteiger partial charge on any atom is 0.220 e. The Morgan fingerprint density at radius 3 is 1.70 bits per heavy atom. The third kappa shape index (κ3) is 15.4. The molecule has 172 valence electrons. The van der Waals surface area contributed by atoms with Crippen LogP contribution in [0.25, 0.3) is 0 Å². The minimum Gasteiger partial charge on any atom is -0.393 e. The van der Waals surface area contributed by atoms with Crippen LogP contribution in [0.4, 0.5) is 0 Å². The summed E-state index contributed by atoms with van der Waals surface area (Å²) in [5, 5.41) is 12.2. The number of nitrogens with one attached hydrogen (secondary N) is 1. The molecule has 0 aromatic heterocycles. The number of rotatable bonds is 19. The second-order valence-corrected chi connectivity index (χ2v) is 8.78. The second-order valence-electron chi connectivity index (χ2n) is 8.78. The van der Waals surface area contributed by atoms with E-state index in [4.69, 9.17) is 5.73 Å². The highest BCUT2D eigenvalue weighted by atomic mass is 16.3.